The van der Waals surface area contributed by atoms with Gasteiger partial charge in [0.1, 0.15) is 5.82 Å². The normalized spacial score (nSPS) is 11.4. The third-order valence-electron chi connectivity index (χ3n) is 3.64. The first-order valence-electron chi connectivity index (χ1n) is 7.84. The Morgan fingerprint density at radius 3 is 2.58 bits per heavy atom. The third kappa shape index (κ3) is 4.41. The summed E-state index contributed by atoms with van der Waals surface area (Å²) in [5.74, 6) is -0.865. The van der Waals surface area contributed by atoms with Gasteiger partial charge in [-0.2, -0.15) is 0 Å². The molecule has 0 spiro atoms. The summed E-state index contributed by atoms with van der Waals surface area (Å²) in [7, 11) is -3.78. The fraction of sp³-hybridized carbons (Fsp3) is 0.111. The molecule has 3 rings (SSSR count). The van der Waals surface area contributed by atoms with Gasteiger partial charge in [0.25, 0.3) is 0 Å². The van der Waals surface area contributed by atoms with Gasteiger partial charge in [-0.25, -0.2) is 17.5 Å². The Labute approximate surface area is 150 Å². The van der Waals surface area contributed by atoms with Crippen molar-refractivity contribution in [2.45, 2.75) is 11.3 Å². The van der Waals surface area contributed by atoms with Gasteiger partial charge in [-0.15, -0.1) is 0 Å². The lowest BCUT2D eigenvalue weighted by atomic mass is 10.2. The minimum Gasteiger partial charge on any atom is -0.325 e. The van der Waals surface area contributed by atoms with Gasteiger partial charge in [-0.3, -0.25) is 9.78 Å². The number of nitrogens with one attached hydrogen (secondary N) is 2. The van der Waals surface area contributed by atoms with Crippen LogP contribution in [0.4, 0.5) is 10.1 Å². The summed E-state index contributed by atoms with van der Waals surface area (Å²) >= 11 is 0. The number of nitrogens with zero attached hydrogens (tertiary/aromatic N) is 1. The number of fused-ring (bicyclic) bond motifs is 1. The Balaban J connectivity index is 1.55. The number of amides is 1. The number of para-hydroxylation sites is 1. The molecule has 0 bridgehead atoms. The third-order valence-corrected chi connectivity index (χ3v) is 5.12. The zero-order valence-electron chi connectivity index (χ0n) is 13.6. The number of carbonyl (C=O) groups is 1. The van der Waals surface area contributed by atoms with E-state index in [1.807, 2.05) is 24.3 Å². The molecule has 3 aromatic rings. The first-order chi connectivity index (χ1) is 12.4. The van der Waals surface area contributed by atoms with Crippen LogP contribution in [0.2, 0.25) is 0 Å². The second kappa shape index (κ2) is 7.59. The van der Waals surface area contributed by atoms with E-state index < -0.39 is 15.8 Å². The molecule has 0 fully saturated rings. The van der Waals surface area contributed by atoms with Gasteiger partial charge in [0, 0.05) is 18.4 Å². The average molecular weight is 373 g/mol. The fourth-order valence-electron chi connectivity index (χ4n) is 2.36. The molecule has 0 aliphatic heterocycles. The molecule has 26 heavy (non-hydrogen) atoms. The van der Waals surface area contributed by atoms with E-state index in [1.54, 1.807) is 12.3 Å². The minimum absolute atomic E-state index is 0.0484. The van der Waals surface area contributed by atoms with Crippen LogP contribution in [0.5, 0.6) is 0 Å². The zero-order valence-corrected chi connectivity index (χ0v) is 14.5. The second-order valence-corrected chi connectivity index (χ2v) is 7.33. The molecule has 0 unspecified atom stereocenters. The number of hydrogen-bond donors (Lipinski definition) is 2. The van der Waals surface area contributed by atoms with E-state index in [2.05, 4.69) is 15.0 Å². The number of anilines is 1. The Morgan fingerprint density at radius 1 is 1.08 bits per heavy atom. The van der Waals surface area contributed by atoms with Crippen molar-refractivity contribution in [2.75, 3.05) is 11.9 Å². The van der Waals surface area contributed by atoms with E-state index in [9.17, 15) is 17.6 Å². The molecule has 8 heteroatoms. The van der Waals surface area contributed by atoms with Crippen LogP contribution in [0.3, 0.4) is 0 Å². The van der Waals surface area contributed by atoms with Crippen molar-refractivity contribution in [3.05, 3.63) is 66.6 Å². The maximum absolute atomic E-state index is 12.9. The van der Waals surface area contributed by atoms with Crippen molar-refractivity contribution in [3.63, 3.8) is 0 Å². The lowest BCUT2D eigenvalue weighted by Crippen LogP contribution is -2.27. The van der Waals surface area contributed by atoms with E-state index in [-0.39, 0.29) is 23.8 Å². The highest BCUT2D eigenvalue weighted by molar-refractivity contribution is 7.89. The highest BCUT2D eigenvalue weighted by Crippen LogP contribution is 2.16. The van der Waals surface area contributed by atoms with Crippen molar-refractivity contribution in [3.8, 4) is 0 Å². The molecule has 0 atom stereocenters. The summed E-state index contributed by atoms with van der Waals surface area (Å²) in [5.41, 5.74) is 1.35. The Kier molecular flexibility index (Phi) is 5.24. The predicted molar refractivity (Wildman–Crippen MR) is 96.6 cm³/mol. The average Bonchev–Trinajstić information content (AvgIpc) is 2.62. The second-order valence-electron chi connectivity index (χ2n) is 5.57. The summed E-state index contributed by atoms with van der Waals surface area (Å²) in [6.45, 7) is -0.0768. The number of carbonyl (C=O) groups excluding carboxylic acids is 1. The van der Waals surface area contributed by atoms with Crippen LogP contribution in [-0.4, -0.2) is 25.9 Å². The molecule has 1 amide bonds. The van der Waals surface area contributed by atoms with Crippen LogP contribution in [0.25, 0.3) is 10.9 Å². The summed E-state index contributed by atoms with van der Waals surface area (Å²) in [4.78, 5) is 16.2. The molecule has 134 valence electrons. The Morgan fingerprint density at radius 2 is 1.81 bits per heavy atom. The van der Waals surface area contributed by atoms with E-state index >= 15 is 0 Å². The van der Waals surface area contributed by atoms with Crippen molar-refractivity contribution in [1.29, 1.82) is 0 Å². The van der Waals surface area contributed by atoms with Gasteiger partial charge < -0.3 is 5.32 Å². The first-order valence-corrected chi connectivity index (χ1v) is 9.32. The molecule has 1 heterocycles. The van der Waals surface area contributed by atoms with Gasteiger partial charge in [0.2, 0.25) is 15.9 Å². The van der Waals surface area contributed by atoms with E-state index in [1.165, 1.54) is 12.1 Å². The molecule has 1 aromatic heterocycles. The molecular formula is C18H16FN3O3S. The topological polar surface area (TPSA) is 88.2 Å². The van der Waals surface area contributed by atoms with Crippen LogP contribution in [0, 0.1) is 5.82 Å². The number of benzene rings is 2. The van der Waals surface area contributed by atoms with Crippen LogP contribution in [0.1, 0.15) is 6.42 Å². The van der Waals surface area contributed by atoms with Crippen LogP contribution >= 0.6 is 0 Å². The largest absolute Gasteiger partial charge is 0.325 e. The fourth-order valence-corrected chi connectivity index (χ4v) is 3.39. The highest BCUT2D eigenvalue weighted by Gasteiger charge is 2.14. The van der Waals surface area contributed by atoms with Crippen LogP contribution < -0.4 is 10.0 Å². The molecule has 0 saturated heterocycles. The zero-order chi connectivity index (χ0) is 18.6. The number of hydrogen-bond acceptors (Lipinski definition) is 4. The monoisotopic (exact) mass is 373 g/mol. The minimum atomic E-state index is -3.78. The number of rotatable bonds is 6. The summed E-state index contributed by atoms with van der Waals surface area (Å²) in [5, 5.41) is 3.57. The smallest absolute Gasteiger partial charge is 0.240 e. The van der Waals surface area contributed by atoms with E-state index in [0.717, 1.165) is 23.0 Å². The summed E-state index contributed by atoms with van der Waals surface area (Å²) in [6.07, 6.45) is 1.50. The quantitative estimate of drug-likeness (QED) is 0.695. The van der Waals surface area contributed by atoms with Gasteiger partial charge in [0.15, 0.2) is 0 Å². The molecule has 0 aliphatic rings. The molecular weight excluding hydrogens is 357 g/mol. The van der Waals surface area contributed by atoms with Gasteiger partial charge >= 0.3 is 0 Å². The molecule has 0 saturated carbocycles. The SMILES string of the molecule is O=C(CCNS(=O)(=O)c1ccc(F)cc1)Nc1cnc2ccccc2c1. The summed E-state index contributed by atoms with van der Waals surface area (Å²) < 4.78 is 39.3. The standard InChI is InChI=1S/C18H16FN3O3S/c19-14-5-7-16(8-6-14)26(24,25)21-10-9-18(23)22-15-11-13-3-1-2-4-17(13)20-12-15/h1-8,11-12,21H,9-10H2,(H,22,23). The number of aromatic nitrogens is 1. The lowest BCUT2D eigenvalue weighted by Gasteiger charge is -2.08. The Hall–Kier alpha value is -2.84. The highest BCUT2D eigenvalue weighted by atomic mass is 32.2. The molecule has 0 radical (unpaired) electrons. The van der Waals surface area contributed by atoms with E-state index in [4.69, 9.17) is 0 Å². The molecule has 2 N–H and O–H groups in total. The van der Waals surface area contributed by atoms with E-state index in [0.29, 0.717) is 5.69 Å². The maximum atomic E-state index is 12.9. The molecule has 0 aliphatic carbocycles. The van der Waals surface area contributed by atoms with Crippen LogP contribution in [-0.2, 0) is 14.8 Å². The summed E-state index contributed by atoms with van der Waals surface area (Å²) in [6, 6.07) is 13.8. The number of halogens is 1. The maximum Gasteiger partial charge on any atom is 0.240 e. The number of pyridine rings is 1. The predicted octanol–water partition coefficient (Wildman–Crippen LogP) is 2.68. The van der Waals surface area contributed by atoms with Gasteiger partial charge in [0.05, 0.1) is 22.3 Å². The van der Waals surface area contributed by atoms with Crippen molar-refractivity contribution < 1.29 is 17.6 Å². The first kappa shape index (κ1) is 18.0. The Bertz CT molecular complexity index is 1040. The van der Waals surface area contributed by atoms with Crippen molar-refractivity contribution in [1.82, 2.24) is 9.71 Å². The lowest BCUT2D eigenvalue weighted by molar-refractivity contribution is -0.116. The van der Waals surface area contributed by atoms with Gasteiger partial charge in [-0.1, -0.05) is 18.2 Å². The van der Waals surface area contributed by atoms with Crippen molar-refractivity contribution >= 4 is 32.5 Å². The van der Waals surface area contributed by atoms with Crippen molar-refractivity contribution in [2.24, 2.45) is 0 Å². The molecule has 6 nitrogen and oxygen atoms in total. The van der Waals surface area contributed by atoms with Crippen LogP contribution in [0.15, 0.2) is 65.7 Å². The van der Waals surface area contributed by atoms with Gasteiger partial charge in [-0.05, 0) is 36.4 Å². The molecule has 2 aromatic carbocycles. The number of sulfonamides is 1.